The van der Waals surface area contributed by atoms with Gasteiger partial charge in [0, 0.05) is 12.0 Å². The zero-order valence-corrected chi connectivity index (χ0v) is 14.0. The number of hydrogen-bond donors (Lipinski definition) is 2. The summed E-state index contributed by atoms with van der Waals surface area (Å²) in [6.45, 7) is 0. The van der Waals surface area contributed by atoms with Crippen LogP contribution in [-0.2, 0) is 4.79 Å². The van der Waals surface area contributed by atoms with E-state index in [9.17, 15) is 14.7 Å². The normalized spacial score (nSPS) is 16.7. The van der Waals surface area contributed by atoms with Gasteiger partial charge in [-0.25, -0.2) is 9.50 Å². The van der Waals surface area contributed by atoms with E-state index in [-0.39, 0.29) is 41.8 Å². The van der Waals surface area contributed by atoms with Gasteiger partial charge < -0.3 is 10.2 Å². The van der Waals surface area contributed by atoms with Crippen molar-refractivity contribution >= 4 is 29.8 Å². The Balaban J connectivity index is 0.00000208. The first-order valence-corrected chi connectivity index (χ1v) is 7.88. The van der Waals surface area contributed by atoms with Crippen molar-refractivity contribution in [2.75, 3.05) is 0 Å². The summed E-state index contributed by atoms with van der Waals surface area (Å²) in [5, 5.41) is 22.9. The first kappa shape index (κ1) is 18.2. The highest BCUT2D eigenvalue weighted by atomic mass is 35.5. The molecule has 1 saturated carbocycles. The summed E-state index contributed by atoms with van der Waals surface area (Å²) in [5.74, 6) is -1.00. The average molecular weight is 354 g/mol. The fourth-order valence-corrected chi connectivity index (χ4v) is 3.30. The smallest absolute Gasteiger partial charge is 0.303 e. The monoisotopic (exact) mass is 353 g/mol. The number of nitrogens with zero attached hydrogens (tertiary/aromatic N) is 3. The third-order valence-corrected chi connectivity index (χ3v) is 4.43. The molecule has 130 valence electrons. The zero-order chi connectivity index (χ0) is 16.4. The van der Waals surface area contributed by atoms with Crippen molar-refractivity contribution in [1.82, 2.24) is 14.6 Å². The number of rotatable bonds is 4. The Morgan fingerprint density at radius 1 is 1.21 bits per heavy atom. The van der Waals surface area contributed by atoms with Crippen LogP contribution in [0.5, 0.6) is 0 Å². The molecule has 1 fully saturated rings. The number of carboxylic acid groups (broad SMARTS) is 1. The Kier molecular flexibility index (Phi) is 5.77. The molecule has 0 radical (unpaired) electrons. The van der Waals surface area contributed by atoms with Crippen molar-refractivity contribution in [2.45, 2.75) is 50.9 Å². The molecule has 2 heterocycles. The third-order valence-electron chi connectivity index (χ3n) is 4.43. The number of aliphatic hydroxyl groups excluding tert-OH is 1. The average Bonchev–Trinajstić information content (AvgIpc) is 3.01. The predicted octanol–water partition coefficient (Wildman–Crippen LogP) is 1.81. The second-order valence-electron chi connectivity index (χ2n) is 5.98. The Morgan fingerprint density at radius 3 is 2.58 bits per heavy atom. The van der Waals surface area contributed by atoms with E-state index in [2.05, 4.69) is 10.1 Å². The van der Waals surface area contributed by atoms with Crippen molar-refractivity contribution in [1.29, 1.82) is 0 Å². The maximum atomic E-state index is 12.5. The molecule has 0 aliphatic heterocycles. The Morgan fingerprint density at radius 2 is 1.92 bits per heavy atom. The molecule has 1 aliphatic carbocycles. The van der Waals surface area contributed by atoms with Crippen LogP contribution in [0.15, 0.2) is 17.2 Å². The Labute approximate surface area is 144 Å². The van der Waals surface area contributed by atoms with Crippen LogP contribution in [0.1, 0.15) is 56.4 Å². The minimum atomic E-state index is -1.03. The number of fused-ring (bicyclic) bond motifs is 1. The maximum Gasteiger partial charge on any atom is 0.303 e. The summed E-state index contributed by atoms with van der Waals surface area (Å²) in [6.07, 6.45) is 6.54. The molecule has 0 spiro atoms. The van der Waals surface area contributed by atoms with Gasteiger partial charge in [-0.15, -0.1) is 12.4 Å². The Hall–Kier alpha value is -2.15. The standard InChI is InChI=1S/C16H19N3O4.ClH/c20-12(6-7-14(22)23)15-13(21)8-11(10-4-2-1-3-5-10)16-17-9-18-19(15)16;/h8-10,20H,1-7H2,(H,22,23);1H. The quantitative estimate of drug-likeness (QED) is 0.868. The van der Waals surface area contributed by atoms with Gasteiger partial charge in [-0.2, -0.15) is 5.10 Å². The number of carbonyl (C=O) groups is 1. The lowest BCUT2D eigenvalue weighted by atomic mass is 9.84. The van der Waals surface area contributed by atoms with Gasteiger partial charge in [0.1, 0.15) is 12.1 Å². The van der Waals surface area contributed by atoms with Gasteiger partial charge in [0.25, 0.3) is 0 Å². The molecule has 0 aromatic carbocycles. The molecule has 2 aromatic rings. The molecule has 24 heavy (non-hydrogen) atoms. The molecule has 0 atom stereocenters. The highest BCUT2D eigenvalue weighted by Gasteiger charge is 2.21. The molecular formula is C16H20ClN3O4. The highest BCUT2D eigenvalue weighted by Crippen LogP contribution is 2.33. The SMILES string of the molecule is Cl.O=C(O)CCC(O)=c1c(=O)cc(C2CCCCC2)c2ncnn12. The largest absolute Gasteiger partial charge is 0.510 e. The van der Waals surface area contributed by atoms with Crippen molar-refractivity contribution in [3.8, 4) is 0 Å². The van der Waals surface area contributed by atoms with Crippen LogP contribution < -0.4 is 10.8 Å². The first-order chi connectivity index (χ1) is 11.1. The van der Waals surface area contributed by atoms with Crippen LogP contribution in [-0.4, -0.2) is 30.8 Å². The van der Waals surface area contributed by atoms with Crippen LogP contribution in [0.4, 0.5) is 0 Å². The summed E-state index contributed by atoms with van der Waals surface area (Å²) in [6, 6.07) is 1.53. The number of pyridine rings is 1. The molecule has 8 heteroatoms. The maximum absolute atomic E-state index is 12.5. The van der Waals surface area contributed by atoms with Crippen molar-refractivity contribution in [3.63, 3.8) is 0 Å². The number of aliphatic carboxylic acids is 1. The van der Waals surface area contributed by atoms with E-state index in [4.69, 9.17) is 5.11 Å². The summed E-state index contributed by atoms with van der Waals surface area (Å²) in [4.78, 5) is 27.4. The highest BCUT2D eigenvalue weighted by molar-refractivity contribution is 5.85. The molecule has 2 N–H and O–H groups in total. The first-order valence-electron chi connectivity index (χ1n) is 7.88. The van der Waals surface area contributed by atoms with Gasteiger partial charge in [-0.05, 0) is 24.8 Å². The Bertz CT molecular complexity index is 843. The molecule has 7 nitrogen and oxygen atoms in total. The van der Waals surface area contributed by atoms with E-state index in [1.165, 1.54) is 23.3 Å². The van der Waals surface area contributed by atoms with Crippen LogP contribution >= 0.6 is 12.4 Å². The number of aromatic nitrogens is 3. The molecule has 0 amide bonds. The number of carboxylic acids is 1. The number of halogens is 1. The molecule has 2 aromatic heterocycles. The predicted molar refractivity (Wildman–Crippen MR) is 90.5 cm³/mol. The fraction of sp³-hybridized carbons (Fsp3) is 0.500. The van der Waals surface area contributed by atoms with E-state index < -0.39 is 5.97 Å². The lowest BCUT2D eigenvalue weighted by Gasteiger charge is -2.21. The third kappa shape index (κ3) is 3.51. The summed E-state index contributed by atoms with van der Waals surface area (Å²) >= 11 is 0. The second kappa shape index (κ2) is 7.61. The number of hydrogen-bond acceptors (Lipinski definition) is 5. The second-order valence-corrected chi connectivity index (χ2v) is 5.98. The van der Waals surface area contributed by atoms with Crippen LogP contribution in [0, 0.1) is 0 Å². The molecule has 0 bridgehead atoms. The van der Waals surface area contributed by atoms with Crippen LogP contribution in [0.25, 0.3) is 11.4 Å². The van der Waals surface area contributed by atoms with Gasteiger partial charge in [0.15, 0.2) is 11.0 Å². The molecule has 1 aliphatic rings. The minimum absolute atomic E-state index is 0. The van der Waals surface area contributed by atoms with E-state index in [0.29, 0.717) is 11.6 Å². The summed E-state index contributed by atoms with van der Waals surface area (Å²) in [5.41, 5.74) is 1.11. The number of aliphatic hydroxyl groups is 1. The fourth-order valence-electron chi connectivity index (χ4n) is 3.30. The van der Waals surface area contributed by atoms with E-state index in [0.717, 1.165) is 31.2 Å². The van der Waals surface area contributed by atoms with Gasteiger partial charge in [-0.1, -0.05) is 19.3 Å². The molecule has 0 saturated heterocycles. The van der Waals surface area contributed by atoms with Gasteiger partial charge in [-0.3, -0.25) is 9.59 Å². The van der Waals surface area contributed by atoms with Crippen molar-refractivity contribution in [3.05, 3.63) is 33.5 Å². The lowest BCUT2D eigenvalue weighted by Crippen LogP contribution is -2.35. The van der Waals surface area contributed by atoms with Gasteiger partial charge >= 0.3 is 5.97 Å². The summed E-state index contributed by atoms with van der Waals surface area (Å²) in [7, 11) is 0. The lowest BCUT2D eigenvalue weighted by molar-refractivity contribution is -0.136. The minimum Gasteiger partial charge on any atom is -0.510 e. The van der Waals surface area contributed by atoms with Crippen LogP contribution in [0.3, 0.4) is 0 Å². The van der Waals surface area contributed by atoms with Crippen LogP contribution in [0.2, 0.25) is 0 Å². The summed E-state index contributed by atoms with van der Waals surface area (Å²) < 4.78 is 1.35. The topological polar surface area (TPSA) is 105 Å². The van der Waals surface area contributed by atoms with Crippen molar-refractivity contribution in [2.24, 2.45) is 0 Å². The van der Waals surface area contributed by atoms with Crippen molar-refractivity contribution < 1.29 is 15.0 Å². The van der Waals surface area contributed by atoms with Gasteiger partial charge in [0.2, 0.25) is 5.43 Å². The zero-order valence-electron chi connectivity index (χ0n) is 13.1. The van der Waals surface area contributed by atoms with E-state index in [1.54, 1.807) is 0 Å². The molecule has 0 unspecified atom stereocenters. The molecular weight excluding hydrogens is 334 g/mol. The van der Waals surface area contributed by atoms with E-state index >= 15 is 0 Å². The molecule has 3 rings (SSSR count). The van der Waals surface area contributed by atoms with Gasteiger partial charge in [0.05, 0.1) is 6.42 Å². The van der Waals surface area contributed by atoms with E-state index in [1.807, 2.05) is 0 Å².